The van der Waals surface area contributed by atoms with E-state index in [0.717, 1.165) is 18.5 Å². The molecule has 3 aromatic rings. The van der Waals surface area contributed by atoms with Crippen molar-refractivity contribution in [3.63, 3.8) is 0 Å². The van der Waals surface area contributed by atoms with Crippen LogP contribution in [0.15, 0.2) is 30.6 Å². The zero-order valence-corrected chi connectivity index (χ0v) is 17.8. The molecule has 0 unspecified atom stereocenters. The Morgan fingerprint density at radius 2 is 1.88 bits per heavy atom. The highest BCUT2D eigenvalue weighted by molar-refractivity contribution is 6.31. The Morgan fingerprint density at radius 1 is 1.21 bits per heavy atom. The van der Waals surface area contributed by atoms with Crippen LogP contribution in [0.1, 0.15) is 47.0 Å². The largest absolute Gasteiger partial charge is 0.432 e. The van der Waals surface area contributed by atoms with Crippen molar-refractivity contribution < 1.29 is 31.5 Å². The van der Waals surface area contributed by atoms with E-state index in [-0.39, 0.29) is 40.4 Å². The van der Waals surface area contributed by atoms with Crippen LogP contribution in [0.25, 0.3) is 5.95 Å². The molecule has 0 aliphatic rings. The van der Waals surface area contributed by atoms with E-state index in [9.17, 15) is 26.7 Å². The third kappa shape index (κ3) is 5.92. The number of ether oxygens (including phenoxy) is 1. The number of hydrogen-bond acceptors (Lipinski definition) is 6. The van der Waals surface area contributed by atoms with Crippen LogP contribution in [0.3, 0.4) is 0 Å². The highest BCUT2D eigenvalue weighted by Crippen LogP contribution is 2.32. The van der Waals surface area contributed by atoms with Gasteiger partial charge in [-0.2, -0.15) is 26.6 Å². The zero-order chi connectivity index (χ0) is 24.3. The Bertz CT molecular complexity index is 1140. The van der Waals surface area contributed by atoms with Crippen LogP contribution in [0.5, 0.6) is 5.75 Å². The molecule has 0 aliphatic heterocycles. The van der Waals surface area contributed by atoms with Crippen LogP contribution in [0, 0.1) is 6.92 Å². The van der Waals surface area contributed by atoms with E-state index in [1.807, 2.05) is 0 Å². The van der Waals surface area contributed by atoms with Crippen molar-refractivity contribution in [3.05, 3.63) is 58.4 Å². The SMILES string of the molecule is CC[C@H](NC(=O)c1cc(Cl)cc(C(F)(F)F)c1)c1nc(C)nn1-c1ncc(OC(F)F)cn1. The molecule has 0 spiro atoms. The van der Waals surface area contributed by atoms with Gasteiger partial charge in [0.2, 0.25) is 0 Å². The third-order valence-electron chi connectivity index (χ3n) is 4.28. The molecular formula is C19H16ClF5N6O2. The minimum absolute atomic E-state index is 0.0398. The van der Waals surface area contributed by atoms with Gasteiger partial charge in [-0.15, -0.1) is 5.10 Å². The average Bonchev–Trinajstić information content (AvgIpc) is 3.12. The maximum atomic E-state index is 13.1. The molecule has 1 atom stereocenters. The molecule has 3 rings (SSSR count). The second kappa shape index (κ2) is 9.65. The first kappa shape index (κ1) is 24.3. The van der Waals surface area contributed by atoms with Crippen LogP contribution in [-0.4, -0.2) is 37.3 Å². The summed E-state index contributed by atoms with van der Waals surface area (Å²) in [6, 6.07) is 1.72. The van der Waals surface area contributed by atoms with Gasteiger partial charge in [-0.1, -0.05) is 18.5 Å². The lowest BCUT2D eigenvalue weighted by molar-refractivity contribution is -0.137. The number of benzene rings is 1. The first-order valence-corrected chi connectivity index (χ1v) is 9.75. The molecule has 1 amide bonds. The minimum Gasteiger partial charge on any atom is -0.432 e. The normalized spacial score (nSPS) is 12.6. The van der Waals surface area contributed by atoms with Gasteiger partial charge in [-0.3, -0.25) is 4.79 Å². The molecule has 1 aromatic carbocycles. The van der Waals surface area contributed by atoms with Crippen molar-refractivity contribution in [2.24, 2.45) is 0 Å². The van der Waals surface area contributed by atoms with Crippen LogP contribution in [-0.2, 0) is 6.18 Å². The fourth-order valence-corrected chi connectivity index (χ4v) is 3.10. The molecule has 176 valence electrons. The number of amides is 1. The van der Waals surface area contributed by atoms with E-state index < -0.39 is 30.3 Å². The monoisotopic (exact) mass is 490 g/mol. The van der Waals surface area contributed by atoms with Gasteiger partial charge < -0.3 is 10.1 Å². The number of rotatable bonds is 7. The number of halogens is 6. The highest BCUT2D eigenvalue weighted by Gasteiger charge is 2.32. The van der Waals surface area contributed by atoms with E-state index in [4.69, 9.17) is 11.6 Å². The Balaban J connectivity index is 1.89. The standard InChI is InChI=1S/C19H16ClF5N6O2/c1-3-14(29-16(32)10-4-11(19(23,24)25)6-12(20)5-10)15-28-9(2)30-31(15)18-26-7-13(8-27-18)33-17(21)22/h4-8,14,17H,3H2,1-2H3,(H,29,32)/t14-/m0/s1. The van der Waals surface area contributed by atoms with Crippen molar-refractivity contribution >= 4 is 17.5 Å². The van der Waals surface area contributed by atoms with Gasteiger partial charge in [-0.05, 0) is 31.5 Å². The van der Waals surface area contributed by atoms with Crippen molar-refractivity contribution in [1.82, 2.24) is 30.0 Å². The molecule has 1 N–H and O–H groups in total. The van der Waals surface area contributed by atoms with Gasteiger partial charge in [-0.25, -0.2) is 15.0 Å². The number of aromatic nitrogens is 5. The van der Waals surface area contributed by atoms with E-state index >= 15 is 0 Å². The Morgan fingerprint density at radius 3 is 2.45 bits per heavy atom. The summed E-state index contributed by atoms with van der Waals surface area (Å²) in [5.74, 6) is -0.653. The Labute approximate surface area is 188 Å². The van der Waals surface area contributed by atoms with Crippen LogP contribution < -0.4 is 10.1 Å². The topological polar surface area (TPSA) is 94.8 Å². The maximum absolute atomic E-state index is 13.1. The molecule has 0 aliphatic carbocycles. The van der Waals surface area contributed by atoms with Gasteiger partial charge >= 0.3 is 12.8 Å². The molecule has 0 saturated carbocycles. The lowest BCUT2D eigenvalue weighted by Gasteiger charge is -2.17. The predicted molar refractivity (Wildman–Crippen MR) is 105 cm³/mol. The van der Waals surface area contributed by atoms with E-state index in [2.05, 4.69) is 30.1 Å². The summed E-state index contributed by atoms with van der Waals surface area (Å²) in [5.41, 5.74) is -1.35. The molecule has 33 heavy (non-hydrogen) atoms. The zero-order valence-electron chi connectivity index (χ0n) is 17.1. The summed E-state index contributed by atoms with van der Waals surface area (Å²) in [5, 5.41) is 6.50. The van der Waals surface area contributed by atoms with Crippen LogP contribution in [0.2, 0.25) is 5.02 Å². The molecule has 2 aromatic heterocycles. The second-order valence-corrected chi connectivity index (χ2v) is 7.12. The summed E-state index contributed by atoms with van der Waals surface area (Å²) >= 11 is 5.76. The second-order valence-electron chi connectivity index (χ2n) is 6.69. The van der Waals surface area contributed by atoms with Crippen molar-refractivity contribution in [1.29, 1.82) is 0 Å². The summed E-state index contributed by atoms with van der Waals surface area (Å²) in [4.78, 5) is 24.8. The average molecular weight is 491 g/mol. The minimum atomic E-state index is -4.68. The first-order valence-electron chi connectivity index (χ1n) is 9.37. The number of alkyl halides is 5. The van der Waals surface area contributed by atoms with Crippen molar-refractivity contribution in [3.8, 4) is 11.7 Å². The molecule has 0 fully saturated rings. The summed E-state index contributed by atoms with van der Waals surface area (Å²) in [6.45, 7) is 0.224. The summed E-state index contributed by atoms with van der Waals surface area (Å²) < 4.78 is 69.2. The van der Waals surface area contributed by atoms with E-state index in [1.54, 1.807) is 13.8 Å². The van der Waals surface area contributed by atoms with Gasteiger partial charge in [0.15, 0.2) is 11.6 Å². The van der Waals surface area contributed by atoms with Crippen LogP contribution >= 0.6 is 11.6 Å². The van der Waals surface area contributed by atoms with Crippen molar-refractivity contribution in [2.45, 2.75) is 39.1 Å². The van der Waals surface area contributed by atoms with Gasteiger partial charge in [0, 0.05) is 10.6 Å². The maximum Gasteiger partial charge on any atom is 0.416 e. The number of carbonyl (C=O) groups is 1. The third-order valence-corrected chi connectivity index (χ3v) is 4.50. The molecule has 8 nitrogen and oxygen atoms in total. The molecule has 0 saturated heterocycles. The number of aryl methyl sites for hydroxylation is 1. The highest BCUT2D eigenvalue weighted by atomic mass is 35.5. The number of carbonyl (C=O) groups excluding carboxylic acids is 1. The quantitative estimate of drug-likeness (QED) is 0.489. The smallest absolute Gasteiger partial charge is 0.416 e. The van der Waals surface area contributed by atoms with Crippen molar-refractivity contribution in [2.75, 3.05) is 0 Å². The van der Waals surface area contributed by atoms with Crippen LogP contribution in [0.4, 0.5) is 22.0 Å². The molecule has 2 heterocycles. The molecule has 0 radical (unpaired) electrons. The fourth-order valence-electron chi connectivity index (χ4n) is 2.86. The molecule has 14 heteroatoms. The first-order chi connectivity index (χ1) is 15.5. The van der Waals surface area contributed by atoms with Gasteiger partial charge in [0.05, 0.1) is 24.0 Å². The Kier molecular flexibility index (Phi) is 7.10. The molecule has 0 bridgehead atoms. The fraction of sp³-hybridized carbons (Fsp3) is 0.316. The van der Waals surface area contributed by atoms with Gasteiger partial charge in [0.1, 0.15) is 5.82 Å². The Hall–Kier alpha value is -3.35. The van der Waals surface area contributed by atoms with E-state index in [0.29, 0.717) is 12.1 Å². The number of hydrogen-bond donors (Lipinski definition) is 1. The molecular weight excluding hydrogens is 475 g/mol. The summed E-state index contributed by atoms with van der Waals surface area (Å²) in [6.07, 6.45) is -2.37. The lowest BCUT2D eigenvalue weighted by atomic mass is 10.1. The van der Waals surface area contributed by atoms with E-state index in [1.165, 1.54) is 4.68 Å². The lowest BCUT2D eigenvalue weighted by Crippen LogP contribution is -2.30. The number of nitrogens with zero attached hydrogens (tertiary/aromatic N) is 5. The predicted octanol–water partition coefficient (Wildman–Crippen LogP) is 4.52. The van der Waals surface area contributed by atoms with Gasteiger partial charge in [0.25, 0.3) is 11.9 Å². The summed E-state index contributed by atoms with van der Waals surface area (Å²) in [7, 11) is 0. The number of nitrogens with one attached hydrogen (secondary N) is 1.